The fraction of sp³-hybridized carbons (Fsp3) is 0.333. The first-order chi connectivity index (χ1) is 16.0. The highest BCUT2D eigenvalue weighted by Crippen LogP contribution is 2.26. The molecule has 0 aliphatic carbocycles. The molecule has 1 amide bonds. The van der Waals surface area contributed by atoms with Gasteiger partial charge in [-0.1, -0.05) is 12.5 Å². The molecule has 2 N–H and O–H groups in total. The zero-order valence-electron chi connectivity index (χ0n) is 18.7. The maximum Gasteiger partial charge on any atom is 0.245 e. The molecule has 0 radical (unpaired) electrons. The second kappa shape index (κ2) is 9.61. The maximum absolute atomic E-state index is 11.8. The van der Waals surface area contributed by atoms with Gasteiger partial charge in [0.2, 0.25) is 5.91 Å². The zero-order valence-corrected chi connectivity index (χ0v) is 18.7. The summed E-state index contributed by atoms with van der Waals surface area (Å²) in [5, 5.41) is 5.35. The first-order valence-electron chi connectivity index (χ1n) is 10.7. The van der Waals surface area contributed by atoms with Crippen LogP contribution in [0.4, 0.5) is 5.82 Å². The van der Waals surface area contributed by atoms with E-state index in [2.05, 4.69) is 28.4 Å². The maximum atomic E-state index is 11.8. The van der Waals surface area contributed by atoms with Crippen LogP contribution in [-0.4, -0.2) is 57.9 Å². The molecule has 2 aromatic heterocycles. The molecule has 0 atom stereocenters. The van der Waals surface area contributed by atoms with Gasteiger partial charge in [-0.3, -0.25) is 4.79 Å². The van der Waals surface area contributed by atoms with Gasteiger partial charge in [0.05, 0.1) is 19.6 Å². The summed E-state index contributed by atoms with van der Waals surface area (Å²) in [4.78, 5) is 22.2. The summed E-state index contributed by atoms with van der Waals surface area (Å²) in [5.74, 6) is 8.22. The largest absolute Gasteiger partial charge is 0.497 e. The van der Waals surface area contributed by atoms with E-state index in [0.717, 1.165) is 18.4 Å². The number of fused-ring (bicyclic) bond motifs is 1. The zero-order chi connectivity index (χ0) is 23.4. The Labute approximate surface area is 192 Å². The number of likely N-dealkylation sites (tertiary alicyclic amines) is 1. The summed E-state index contributed by atoms with van der Waals surface area (Å²) in [6.45, 7) is 5.64. The van der Waals surface area contributed by atoms with Crippen molar-refractivity contribution in [3.63, 3.8) is 0 Å². The molecular formula is C24H26N6O3. The Balaban J connectivity index is 1.62. The number of amides is 1. The van der Waals surface area contributed by atoms with Crippen LogP contribution in [0.1, 0.15) is 24.1 Å². The SMILES string of the molecule is C=CC(=O)N1CCC(Cn2nc(C#Cc3cc(OC)cc(OC)c3)c3c(N)ncnc32)CC1. The molecule has 170 valence electrons. The first-order valence-corrected chi connectivity index (χ1v) is 10.7. The van der Waals surface area contributed by atoms with E-state index in [-0.39, 0.29) is 5.91 Å². The summed E-state index contributed by atoms with van der Waals surface area (Å²) in [6, 6.07) is 5.44. The summed E-state index contributed by atoms with van der Waals surface area (Å²) < 4.78 is 12.5. The van der Waals surface area contributed by atoms with Crippen molar-refractivity contribution in [3.8, 4) is 23.3 Å². The fourth-order valence-corrected chi connectivity index (χ4v) is 3.97. The van der Waals surface area contributed by atoms with Crippen molar-refractivity contribution < 1.29 is 14.3 Å². The molecule has 1 aliphatic rings. The standard InChI is InChI=1S/C24H26N6O3/c1-4-21(31)29-9-7-16(8-10-29)14-30-24-22(23(25)26-15-27-24)20(28-30)6-5-17-11-18(32-2)13-19(12-17)33-3/h4,11-13,15-16H,1,7-10,14H2,2-3H3,(H2,25,26,27). The molecule has 4 rings (SSSR count). The number of rotatable bonds is 5. The average molecular weight is 447 g/mol. The predicted molar refractivity (Wildman–Crippen MR) is 125 cm³/mol. The normalized spacial score (nSPS) is 13.9. The van der Waals surface area contributed by atoms with Gasteiger partial charge in [0.1, 0.15) is 29.3 Å². The number of anilines is 1. The van der Waals surface area contributed by atoms with Crippen molar-refractivity contribution in [2.24, 2.45) is 5.92 Å². The number of hydrogen-bond donors (Lipinski definition) is 1. The van der Waals surface area contributed by atoms with Gasteiger partial charge in [0.15, 0.2) is 5.65 Å². The Morgan fingerprint density at radius 2 is 1.88 bits per heavy atom. The third kappa shape index (κ3) is 4.75. The third-order valence-corrected chi connectivity index (χ3v) is 5.77. The van der Waals surface area contributed by atoms with Crippen LogP contribution in [0.3, 0.4) is 0 Å². The molecular weight excluding hydrogens is 420 g/mol. The van der Waals surface area contributed by atoms with Gasteiger partial charge in [-0.05, 0) is 42.9 Å². The molecule has 0 saturated carbocycles. The second-order valence-electron chi connectivity index (χ2n) is 7.81. The number of aromatic nitrogens is 4. The number of ether oxygens (including phenoxy) is 2. The van der Waals surface area contributed by atoms with Gasteiger partial charge in [-0.25, -0.2) is 14.6 Å². The van der Waals surface area contributed by atoms with Crippen molar-refractivity contribution in [1.29, 1.82) is 0 Å². The number of nitrogens with two attached hydrogens (primary N) is 1. The fourth-order valence-electron chi connectivity index (χ4n) is 3.97. The summed E-state index contributed by atoms with van der Waals surface area (Å²) in [7, 11) is 3.19. The molecule has 3 heterocycles. The monoisotopic (exact) mass is 446 g/mol. The molecule has 1 aromatic carbocycles. The molecule has 9 heteroatoms. The Hall–Kier alpha value is -4.06. The van der Waals surface area contributed by atoms with E-state index in [4.69, 9.17) is 20.3 Å². The van der Waals surface area contributed by atoms with E-state index in [1.165, 1.54) is 12.4 Å². The molecule has 33 heavy (non-hydrogen) atoms. The lowest BCUT2D eigenvalue weighted by Gasteiger charge is -2.31. The van der Waals surface area contributed by atoms with Gasteiger partial charge >= 0.3 is 0 Å². The number of carbonyl (C=O) groups excluding carboxylic acids is 1. The number of hydrogen-bond acceptors (Lipinski definition) is 7. The van der Waals surface area contributed by atoms with E-state index >= 15 is 0 Å². The van der Waals surface area contributed by atoms with Crippen molar-refractivity contribution in [2.45, 2.75) is 19.4 Å². The van der Waals surface area contributed by atoms with Crippen molar-refractivity contribution in [2.75, 3.05) is 33.0 Å². The van der Waals surface area contributed by atoms with E-state index in [1.54, 1.807) is 20.3 Å². The van der Waals surface area contributed by atoms with Crippen molar-refractivity contribution in [3.05, 3.63) is 48.4 Å². The van der Waals surface area contributed by atoms with Crippen LogP contribution in [0.5, 0.6) is 11.5 Å². The third-order valence-electron chi connectivity index (χ3n) is 5.77. The summed E-state index contributed by atoms with van der Waals surface area (Å²) in [6.07, 6.45) is 4.56. The van der Waals surface area contributed by atoms with E-state index in [0.29, 0.717) is 59.6 Å². The highest BCUT2D eigenvalue weighted by Gasteiger charge is 2.23. The molecule has 3 aromatic rings. The number of piperidine rings is 1. The van der Waals surface area contributed by atoms with Crippen LogP contribution in [0.25, 0.3) is 11.0 Å². The highest BCUT2D eigenvalue weighted by atomic mass is 16.5. The lowest BCUT2D eigenvalue weighted by Crippen LogP contribution is -2.38. The first kappa shape index (κ1) is 22.1. The lowest BCUT2D eigenvalue weighted by atomic mass is 9.97. The molecule has 9 nitrogen and oxygen atoms in total. The Morgan fingerprint density at radius 3 is 2.52 bits per heavy atom. The van der Waals surface area contributed by atoms with Crippen LogP contribution in [0.15, 0.2) is 37.2 Å². The van der Waals surface area contributed by atoms with Gasteiger partial charge in [0.25, 0.3) is 0 Å². The van der Waals surface area contributed by atoms with E-state index < -0.39 is 0 Å². The quantitative estimate of drug-likeness (QED) is 0.473. The van der Waals surface area contributed by atoms with Gasteiger partial charge < -0.3 is 20.1 Å². The number of methoxy groups -OCH3 is 2. The highest BCUT2D eigenvalue weighted by molar-refractivity contribution is 5.90. The van der Waals surface area contributed by atoms with Crippen molar-refractivity contribution in [1.82, 2.24) is 24.6 Å². The second-order valence-corrected chi connectivity index (χ2v) is 7.81. The predicted octanol–water partition coefficient (Wildman–Crippen LogP) is 2.25. The Kier molecular flexibility index (Phi) is 6.45. The van der Waals surface area contributed by atoms with Crippen LogP contribution >= 0.6 is 0 Å². The number of benzene rings is 1. The molecule has 0 spiro atoms. The van der Waals surface area contributed by atoms with Crippen LogP contribution < -0.4 is 15.2 Å². The van der Waals surface area contributed by atoms with Crippen molar-refractivity contribution >= 4 is 22.8 Å². The summed E-state index contributed by atoms with van der Waals surface area (Å²) >= 11 is 0. The van der Waals surface area contributed by atoms with E-state index in [9.17, 15) is 4.79 Å². The minimum absolute atomic E-state index is 0.0229. The topological polar surface area (TPSA) is 108 Å². The Bertz CT molecular complexity index is 1230. The van der Waals surface area contributed by atoms with Gasteiger partial charge in [-0.15, -0.1) is 0 Å². The van der Waals surface area contributed by atoms with Gasteiger partial charge in [0, 0.05) is 31.3 Å². The molecule has 1 aliphatic heterocycles. The van der Waals surface area contributed by atoms with Crippen LogP contribution in [0.2, 0.25) is 0 Å². The Morgan fingerprint density at radius 1 is 1.18 bits per heavy atom. The summed E-state index contributed by atoms with van der Waals surface area (Å²) in [5.41, 5.74) is 8.06. The lowest BCUT2D eigenvalue weighted by molar-refractivity contribution is -0.127. The number of carbonyl (C=O) groups is 1. The molecule has 1 fully saturated rings. The molecule has 0 bridgehead atoms. The molecule has 0 unspecified atom stereocenters. The average Bonchev–Trinajstić information content (AvgIpc) is 3.20. The number of nitrogens with zero attached hydrogens (tertiary/aromatic N) is 5. The minimum atomic E-state index is -0.0229. The van der Waals surface area contributed by atoms with Crippen LogP contribution in [0, 0.1) is 17.8 Å². The number of nitrogen functional groups attached to an aromatic ring is 1. The molecule has 1 saturated heterocycles. The smallest absolute Gasteiger partial charge is 0.245 e. The van der Waals surface area contributed by atoms with Crippen LogP contribution in [-0.2, 0) is 11.3 Å². The van der Waals surface area contributed by atoms with Gasteiger partial charge in [-0.2, -0.15) is 5.10 Å². The van der Waals surface area contributed by atoms with E-state index in [1.807, 2.05) is 21.7 Å². The minimum Gasteiger partial charge on any atom is -0.497 e.